The molecule has 0 aliphatic rings. The van der Waals surface area contributed by atoms with Gasteiger partial charge < -0.3 is 18.3 Å². The van der Waals surface area contributed by atoms with Gasteiger partial charge in [-0.25, -0.2) is 15.2 Å². The molecule has 0 radical (unpaired) electrons. The van der Waals surface area contributed by atoms with Crippen molar-refractivity contribution in [2.75, 3.05) is 14.2 Å². The molecule has 2 heterocycles. The summed E-state index contributed by atoms with van der Waals surface area (Å²) in [7, 11) is -1.30. The van der Waals surface area contributed by atoms with Gasteiger partial charge in [0.05, 0.1) is 54.7 Å². The van der Waals surface area contributed by atoms with Crippen LogP contribution in [-0.2, 0) is 19.5 Å². The van der Waals surface area contributed by atoms with Crippen LogP contribution in [0.3, 0.4) is 0 Å². The predicted molar refractivity (Wildman–Crippen MR) is 142 cm³/mol. The van der Waals surface area contributed by atoms with E-state index in [9.17, 15) is 13.0 Å². The highest BCUT2D eigenvalue weighted by Crippen LogP contribution is 2.42. The molecule has 40 heavy (non-hydrogen) atoms. The second-order valence-corrected chi connectivity index (χ2v) is 10.3. The highest BCUT2D eigenvalue weighted by Gasteiger charge is 2.21. The van der Waals surface area contributed by atoms with E-state index in [1.54, 1.807) is 42.6 Å². The number of ether oxygens (including phenoxy) is 2. The standard InChI is InChI=1S/C26H20N2O10S2/c1-33-21-12-20(26-28-14-24(36-26)16-5-9-18(10-6-16)40(30,31)32)22(34-2)11-19(21)25-27-13-23(35-25)15-3-7-17(8-4-15)39-38-37-29/h3-14,29H,1-2H3,(H,30,31,32). The minimum absolute atomic E-state index is 0.230. The lowest BCUT2D eigenvalue weighted by Crippen LogP contribution is -1.97. The van der Waals surface area contributed by atoms with Gasteiger partial charge in [0.15, 0.2) is 11.5 Å². The summed E-state index contributed by atoms with van der Waals surface area (Å²) in [6.45, 7) is 0. The molecule has 5 rings (SSSR count). The third-order valence-electron chi connectivity index (χ3n) is 5.73. The summed E-state index contributed by atoms with van der Waals surface area (Å²) in [4.78, 5) is 9.22. The summed E-state index contributed by atoms with van der Waals surface area (Å²) in [6.07, 6.45) is 3.07. The molecule has 0 amide bonds. The predicted octanol–water partition coefficient (Wildman–Crippen LogP) is 6.02. The second kappa shape index (κ2) is 11.5. The van der Waals surface area contributed by atoms with Crippen molar-refractivity contribution in [2.24, 2.45) is 0 Å². The summed E-state index contributed by atoms with van der Waals surface area (Å²) in [5, 5.41) is 11.9. The van der Waals surface area contributed by atoms with Gasteiger partial charge in [-0.1, -0.05) is 5.04 Å². The van der Waals surface area contributed by atoms with Crippen molar-refractivity contribution in [3.05, 3.63) is 73.1 Å². The SMILES string of the molecule is COc1cc(-c2ncc(-c3ccc(S(=O)(=O)O)cc3)o2)c(OC)cc1-c1ncc(-c2ccc(SOOO)cc2)o1. The third kappa shape index (κ3) is 5.72. The van der Waals surface area contributed by atoms with Gasteiger partial charge in [0.1, 0.15) is 11.5 Å². The van der Waals surface area contributed by atoms with Gasteiger partial charge in [-0.15, -0.1) is 4.33 Å². The molecule has 0 atom stereocenters. The lowest BCUT2D eigenvalue weighted by atomic mass is 10.1. The number of hydrogen-bond acceptors (Lipinski definition) is 12. The van der Waals surface area contributed by atoms with Crippen LogP contribution in [0.15, 0.2) is 91.7 Å². The van der Waals surface area contributed by atoms with Crippen molar-refractivity contribution in [1.82, 2.24) is 9.97 Å². The largest absolute Gasteiger partial charge is 0.496 e. The number of oxazole rings is 2. The molecule has 2 aromatic heterocycles. The molecule has 12 nitrogen and oxygen atoms in total. The Morgan fingerprint density at radius 1 is 0.775 bits per heavy atom. The van der Waals surface area contributed by atoms with Gasteiger partial charge in [-0.3, -0.25) is 4.55 Å². The monoisotopic (exact) mass is 584 g/mol. The van der Waals surface area contributed by atoms with Gasteiger partial charge in [-0.05, 0) is 60.7 Å². The Bertz CT molecular complexity index is 1730. The first-order valence-corrected chi connectivity index (χ1v) is 13.5. The highest BCUT2D eigenvalue weighted by atomic mass is 32.2. The molecule has 206 valence electrons. The Morgan fingerprint density at radius 2 is 1.25 bits per heavy atom. The number of benzene rings is 3. The van der Waals surface area contributed by atoms with Gasteiger partial charge in [0.25, 0.3) is 10.1 Å². The Balaban J connectivity index is 1.44. The molecule has 0 spiro atoms. The van der Waals surface area contributed by atoms with E-state index >= 15 is 0 Å². The van der Waals surface area contributed by atoms with Crippen LogP contribution in [-0.4, -0.2) is 42.4 Å². The van der Waals surface area contributed by atoms with Crippen LogP contribution < -0.4 is 9.47 Å². The first kappa shape index (κ1) is 27.4. The molecule has 2 N–H and O–H groups in total. The third-order valence-corrected chi connectivity index (χ3v) is 7.19. The summed E-state index contributed by atoms with van der Waals surface area (Å²) >= 11 is 0.844. The molecule has 5 aromatic rings. The van der Waals surface area contributed by atoms with Crippen LogP contribution in [0, 0.1) is 0 Å². The second-order valence-electron chi connectivity index (χ2n) is 8.06. The molecule has 0 saturated heterocycles. The van der Waals surface area contributed by atoms with E-state index in [0.717, 1.165) is 17.6 Å². The van der Waals surface area contributed by atoms with Gasteiger partial charge >= 0.3 is 0 Å². The van der Waals surface area contributed by atoms with Crippen molar-refractivity contribution in [2.45, 2.75) is 9.79 Å². The van der Waals surface area contributed by atoms with E-state index < -0.39 is 10.1 Å². The topological polar surface area (TPSA) is 164 Å². The normalized spacial score (nSPS) is 11.5. The maximum atomic E-state index is 11.3. The van der Waals surface area contributed by atoms with E-state index in [4.69, 9.17) is 23.6 Å². The Morgan fingerprint density at radius 3 is 1.68 bits per heavy atom. The van der Waals surface area contributed by atoms with E-state index in [1.165, 1.54) is 44.7 Å². The van der Waals surface area contributed by atoms with Crippen LogP contribution in [0.25, 0.3) is 45.6 Å². The fourth-order valence-electron chi connectivity index (χ4n) is 3.82. The molecular weight excluding hydrogens is 564 g/mol. The fraction of sp³-hybridized carbons (Fsp3) is 0.0769. The molecule has 14 heteroatoms. The average Bonchev–Trinajstić information content (AvgIpc) is 3.66. The zero-order valence-corrected chi connectivity index (χ0v) is 22.4. The van der Waals surface area contributed by atoms with Gasteiger partial charge in [0, 0.05) is 16.0 Å². The minimum Gasteiger partial charge on any atom is -0.496 e. The van der Waals surface area contributed by atoms with E-state index in [1.807, 2.05) is 0 Å². The molecule has 0 aliphatic heterocycles. The fourth-order valence-corrected chi connectivity index (χ4v) is 4.65. The van der Waals surface area contributed by atoms with Crippen LogP contribution in [0.4, 0.5) is 0 Å². The maximum absolute atomic E-state index is 11.3. The lowest BCUT2D eigenvalue weighted by molar-refractivity contribution is -0.432. The average molecular weight is 585 g/mol. The van der Waals surface area contributed by atoms with Gasteiger partial charge in [-0.2, -0.15) is 8.42 Å². The lowest BCUT2D eigenvalue weighted by Gasteiger charge is -2.11. The zero-order chi connectivity index (χ0) is 28.3. The number of hydrogen-bond donors (Lipinski definition) is 2. The van der Waals surface area contributed by atoms with Crippen LogP contribution in [0.2, 0.25) is 0 Å². The van der Waals surface area contributed by atoms with Crippen LogP contribution in [0.1, 0.15) is 0 Å². The minimum atomic E-state index is -4.31. The van der Waals surface area contributed by atoms with Crippen molar-refractivity contribution in [3.63, 3.8) is 0 Å². The number of rotatable bonds is 10. The summed E-state index contributed by atoms with van der Waals surface area (Å²) in [6, 6.07) is 16.0. The molecule has 0 unspecified atom stereocenters. The summed E-state index contributed by atoms with van der Waals surface area (Å²) in [5.41, 5.74) is 2.34. The van der Waals surface area contributed by atoms with Gasteiger partial charge in [0.2, 0.25) is 11.8 Å². The van der Waals surface area contributed by atoms with Crippen molar-refractivity contribution < 1.29 is 45.9 Å². The molecule has 0 aliphatic carbocycles. The molecular formula is C26H20N2O10S2. The summed E-state index contributed by atoms with van der Waals surface area (Å²) < 4.78 is 59.4. The van der Waals surface area contributed by atoms with Crippen molar-refractivity contribution in [3.8, 4) is 57.1 Å². The number of nitrogens with zero attached hydrogens (tertiary/aromatic N) is 2. The zero-order valence-electron chi connectivity index (χ0n) is 20.8. The molecule has 3 aromatic carbocycles. The highest BCUT2D eigenvalue weighted by molar-refractivity contribution is 7.94. The van der Waals surface area contributed by atoms with Crippen molar-refractivity contribution in [1.29, 1.82) is 0 Å². The Kier molecular flexibility index (Phi) is 7.88. The summed E-state index contributed by atoms with van der Waals surface area (Å²) in [5.74, 6) is 2.25. The van der Waals surface area contributed by atoms with E-state index in [0.29, 0.717) is 50.5 Å². The molecule has 0 bridgehead atoms. The number of methoxy groups -OCH3 is 2. The smallest absolute Gasteiger partial charge is 0.294 e. The number of aromatic nitrogens is 2. The van der Waals surface area contributed by atoms with Crippen molar-refractivity contribution >= 4 is 22.2 Å². The quantitative estimate of drug-likeness (QED) is 0.0848. The van der Waals surface area contributed by atoms with E-state index in [2.05, 4.69) is 19.3 Å². The van der Waals surface area contributed by atoms with E-state index in [-0.39, 0.29) is 10.8 Å². The van der Waals surface area contributed by atoms with Crippen LogP contribution in [0.5, 0.6) is 11.5 Å². The molecule has 0 fully saturated rings. The maximum Gasteiger partial charge on any atom is 0.294 e. The Labute approximate surface area is 231 Å². The first-order valence-electron chi connectivity index (χ1n) is 11.3. The van der Waals surface area contributed by atoms with Crippen LogP contribution >= 0.6 is 12.0 Å². The molecule has 0 saturated carbocycles. The first-order chi connectivity index (χ1) is 19.3. The Hall–Kier alpha value is -4.18.